The Balaban J connectivity index is 0.00000220. The summed E-state index contributed by atoms with van der Waals surface area (Å²) in [5, 5.41) is 0. The fraction of sp³-hybridized carbons (Fsp3) is 0.889. The molecular formula is C18H34NPPd. The molecular weight excluding hydrogens is 368 g/mol. The van der Waals surface area contributed by atoms with Gasteiger partial charge in [-0.2, -0.15) is 0 Å². The van der Waals surface area contributed by atoms with Gasteiger partial charge in [-0.05, 0) is 57.3 Å². The molecule has 0 aromatic rings. The van der Waals surface area contributed by atoms with Crippen molar-refractivity contribution in [2.24, 2.45) is 0 Å². The Bertz CT molecular complexity index is 263. The van der Waals surface area contributed by atoms with E-state index in [-0.39, 0.29) is 28.3 Å². The van der Waals surface area contributed by atoms with Crippen LogP contribution in [0.2, 0.25) is 0 Å². The minimum atomic E-state index is 0. The second-order valence-corrected chi connectivity index (χ2v) is 9.87. The minimum Gasteiger partial charge on any atom is -0.306 e. The number of likely N-dealkylation sites (N-methyl/N-ethyl adjacent to an activating group) is 1. The van der Waals surface area contributed by atoms with Gasteiger partial charge in [0.05, 0.1) is 0 Å². The maximum Gasteiger partial charge on any atom is 0.0157 e. The fourth-order valence-corrected chi connectivity index (χ4v) is 7.55. The summed E-state index contributed by atoms with van der Waals surface area (Å²) in [6.45, 7) is 1.11. The Hall–Kier alpha value is 0.792. The third-order valence-electron chi connectivity index (χ3n) is 5.04. The van der Waals surface area contributed by atoms with Crippen molar-refractivity contribution in [1.29, 1.82) is 0 Å². The van der Waals surface area contributed by atoms with Crippen molar-refractivity contribution in [2.75, 3.05) is 26.8 Å². The normalized spacial score (nSPS) is 22.1. The first-order chi connectivity index (χ1) is 9.77. The third-order valence-corrected chi connectivity index (χ3v) is 8.58. The first-order valence-corrected chi connectivity index (χ1v) is 10.5. The molecule has 2 aliphatic rings. The van der Waals surface area contributed by atoms with E-state index in [2.05, 4.69) is 31.1 Å². The Morgan fingerprint density at radius 1 is 0.810 bits per heavy atom. The van der Waals surface area contributed by atoms with Crippen LogP contribution in [0.1, 0.15) is 64.2 Å². The van der Waals surface area contributed by atoms with E-state index >= 15 is 0 Å². The molecule has 0 heterocycles. The van der Waals surface area contributed by atoms with Crippen molar-refractivity contribution < 1.29 is 20.4 Å². The van der Waals surface area contributed by atoms with Crippen LogP contribution in [-0.4, -0.2) is 43.0 Å². The van der Waals surface area contributed by atoms with Crippen molar-refractivity contribution in [1.82, 2.24) is 4.90 Å². The Labute approximate surface area is 147 Å². The van der Waals surface area contributed by atoms with Gasteiger partial charge in [-0.3, -0.25) is 0 Å². The molecule has 3 heteroatoms. The van der Waals surface area contributed by atoms with Crippen molar-refractivity contribution >= 4 is 7.92 Å². The van der Waals surface area contributed by atoms with E-state index in [1.165, 1.54) is 44.7 Å². The molecule has 21 heavy (non-hydrogen) atoms. The van der Waals surface area contributed by atoms with Gasteiger partial charge in [0, 0.05) is 27.0 Å². The molecule has 126 valence electrons. The summed E-state index contributed by atoms with van der Waals surface area (Å²) < 4.78 is 0. The molecule has 0 aliphatic heterocycles. The van der Waals surface area contributed by atoms with Crippen LogP contribution in [0.15, 0.2) is 12.2 Å². The van der Waals surface area contributed by atoms with Crippen LogP contribution >= 0.6 is 7.92 Å². The summed E-state index contributed by atoms with van der Waals surface area (Å²) in [4.78, 5) is 2.26. The van der Waals surface area contributed by atoms with E-state index in [1.54, 1.807) is 25.7 Å². The Morgan fingerprint density at radius 3 is 1.71 bits per heavy atom. The number of hydrogen-bond donors (Lipinski definition) is 0. The Morgan fingerprint density at radius 2 is 1.29 bits per heavy atom. The largest absolute Gasteiger partial charge is 0.306 e. The average molecular weight is 402 g/mol. The topological polar surface area (TPSA) is 3.24 Å². The van der Waals surface area contributed by atoms with Gasteiger partial charge in [-0.1, -0.05) is 58.6 Å². The number of rotatable bonds is 6. The van der Waals surface area contributed by atoms with Crippen LogP contribution < -0.4 is 0 Å². The van der Waals surface area contributed by atoms with Crippen LogP contribution in [0.5, 0.6) is 0 Å². The van der Waals surface area contributed by atoms with Crippen LogP contribution in [0.25, 0.3) is 0 Å². The molecule has 0 aromatic heterocycles. The summed E-state index contributed by atoms with van der Waals surface area (Å²) in [5.41, 5.74) is 2.21. The molecule has 0 spiro atoms. The summed E-state index contributed by atoms with van der Waals surface area (Å²) in [6.07, 6.45) is 21.6. The quantitative estimate of drug-likeness (QED) is 0.334. The first-order valence-electron chi connectivity index (χ1n) is 8.83. The van der Waals surface area contributed by atoms with Gasteiger partial charge in [0.15, 0.2) is 0 Å². The molecule has 2 fully saturated rings. The molecule has 0 radical (unpaired) electrons. The molecule has 0 bridgehead atoms. The second kappa shape index (κ2) is 11.3. The van der Waals surface area contributed by atoms with E-state index in [0.29, 0.717) is 0 Å². The molecule has 1 nitrogen and oxygen atoms in total. The maximum absolute atomic E-state index is 2.52. The van der Waals surface area contributed by atoms with Crippen molar-refractivity contribution in [3.63, 3.8) is 0 Å². The van der Waals surface area contributed by atoms with E-state index in [4.69, 9.17) is 0 Å². The zero-order valence-corrected chi connectivity index (χ0v) is 16.5. The SMILES string of the molecule is CN(C)CC=CCP(C1CCCCC1)C1CCCCC1.[Pd]. The fourth-order valence-electron chi connectivity index (χ4n) is 3.90. The molecule has 2 saturated carbocycles. The van der Waals surface area contributed by atoms with Crippen LogP contribution in [0.3, 0.4) is 0 Å². The summed E-state index contributed by atoms with van der Waals surface area (Å²) in [5.74, 6) is 0. The van der Waals surface area contributed by atoms with E-state index in [0.717, 1.165) is 17.9 Å². The predicted molar refractivity (Wildman–Crippen MR) is 93.2 cm³/mol. The monoisotopic (exact) mass is 401 g/mol. The minimum absolute atomic E-state index is 0. The molecule has 2 rings (SSSR count). The van der Waals surface area contributed by atoms with E-state index in [1.807, 2.05) is 0 Å². The zero-order valence-electron chi connectivity index (χ0n) is 14.0. The molecule has 0 atom stereocenters. The van der Waals surface area contributed by atoms with Gasteiger partial charge >= 0.3 is 0 Å². The number of hydrogen-bond acceptors (Lipinski definition) is 1. The van der Waals surface area contributed by atoms with Crippen LogP contribution in [-0.2, 0) is 20.4 Å². The van der Waals surface area contributed by atoms with Gasteiger partial charge in [-0.15, -0.1) is 0 Å². The maximum atomic E-state index is 2.52. The standard InChI is InChI=1S/C18H34NP.Pd/c1-19(2)15-9-10-16-20(17-11-5-3-6-12-17)18-13-7-4-8-14-18;/h9-10,17-18H,3-8,11-16H2,1-2H3;. The predicted octanol–water partition coefficient (Wildman–Crippen LogP) is 5.25. The van der Waals surface area contributed by atoms with E-state index in [9.17, 15) is 0 Å². The molecule has 0 saturated heterocycles. The molecule has 0 amide bonds. The molecule has 0 aromatic carbocycles. The summed E-state index contributed by atoms with van der Waals surface area (Å²) >= 11 is 0. The van der Waals surface area contributed by atoms with Crippen molar-refractivity contribution in [2.45, 2.75) is 75.5 Å². The van der Waals surface area contributed by atoms with Crippen LogP contribution in [0, 0.1) is 0 Å². The van der Waals surface area contributed by atoms with Gasteiger partial charge < -0.3 is 4.90 Å². The van der Waals surface area contributed by atoms with Crippen molar-refractivity contribution in [3.8, 4) is 0 Å². The van der Waals surface area contributed by atoms with Gasteiger partial charge in [0.2, 0.25) is 0 Å². The third kappa shape index (κ3) is 7.26. The summed E-state index contributed by atoms with van der Waals surface area (Å²) in [6, 6.07) is 0. The average Bonchev–Trinajstić information content (AvgIpc) is 2.49. The number of allylic oxidation sites excluding steroid dienone is 1. The smallest absolute Gasteiger partial charge is 0.0157 e. The van der Waals surface area contributed by atoms with Gasteiger partial charge in [-0.25, -0.2) is 0 Å². The first kappa shape index (κ1) is 19.8. The van der Waals surface area contributed by atoms with Gasteiger partial charge in [0.25, 0.3) is 0 Å². The van der Waals surface area contributed by atoms with Crippen molar-refractivity contribution in [3.05, 3.63) is 12.2 Å². The van der Waals surface area contributed by atoms with Gasteiger partial charge in [0.1, 0.15) is 0 Å². The second-order valence-electron chi connectivity index (χ2n) is 7.01. The molecule has 0 N–H and O–H groups in total. The van der Waals surface area contributed by atoms with Crippen LogP contribution in [0.4, 0.5) is 0 Å². The zero-order chi connectivity index (χ0) is 14.2. The summed E-state index contributed by atoms with van der Waals surface area (Å²) in [7, 11) is 4.59. The Kier molecular flexibility index (Phi) is 10.7. The molecule has 0 unspecified atom stereocenters. The number of nitrogens with zero attached hydrogens (tertiary/aromatic N) is 1. The molecule has 2 aliphatic carbocycles. The van der Waals surface area contributed by atoms with E-state index < -0.39 is 0 Å².